The summed E-state index contributed by atoms with van der Waals surface area (Å²) in [6.07, 6.45) is 1.13. The van der Waals surface area contributed by atoms with E-state index in [2.05, 4.69) is 10.2 Å². The molecule has 0 saturated carbocycles. The average Bonchev–Trinajstić information content (AvgIpc) is 3.11. The van der Waals surface area contributed by atoms with Crippen LogP contribution in [0.4, 0.5) is 10.5 Å². The van der Waals surface area contributed by atoms with Gasteiger partial charge in [0.15, 0.2) is 11.8 Å². The van der Waals surface area contributed by atoms with Gasteiger partial charge < -0.3 is 9.47 Å². The number of nitrogens with zero attached hydrogens (tertiary/aromatic N) is 1. The van der Waals surface area contributed by atoms with Crippen LogP contribution in [0.25, 0.3) is 15.6 Å². The number of carbonyl (C=O) groups excluding carboxylic acids is 2. The molecule has 2 amide bonds. The standard InChI is InChI=1S/C24H18N2O4/c1-25-20-11-12-21(18-7-3-2-6-17(18)20)29-15-9-10-16-14(13-15)5-4-8-19(16)22-23(27)26-24(28)30-22/h2-3,6-7,9-13,19,22H,4-5,8H2,(H,26,27,28)/t19-,22?/m1/s1. The number of ether oxygens (including phenoxy) is 2. The third-order valence-corrected chi connectivity index (χ3v) is 5.77. The monoisotopic (exact) mass is 398 g/mol. The maximum absolute atomic E-state index is 12.1. The van der Waals surface area contributed by atoms with E-state index in [-0.39, 0.29) is 11.8 Å². The molecule has 1 heterocycles. The van der Waals surface area contributed by atoms with Crippen LogP contribution in [-0.4, -0.2) is 18.1 Å². The topological polar surface area (TPSA) is 69.0 Å². The van der Waals surface area contributed by atoms with Gasteiger partial charge in [-0.15, -0.1) is 0 Å². The lowest BCUT2D eigenvalue weighted by atomic mass is 9.79. The normalized spacial score (nSPS) is 20.2. The summed E-state index contributed by atoms with van der Waals surface area (Å²) in [5, 5.41) is 3.96. The van der Waals surface area contributed by atoms with Crippen LogP contribution in [-0.2, 0) is 16.0 Å². The highest BCUT2D eigenvalue weighted by molar-refractivity contribution is 6.00. The van der Waals surface area contributed by atoms with Crippen molar-refractivity contribution < 1.29 is 19.1 Å². The number of alkyl carbamates (subject to hydrolysis) is 1. The van der Waals surface area contributed by atoms with Gasteiger partial charge in [-0.3, -0.25) is 10.1 Å². The van der Waals surface area contributed by atoms with Crippen molar-refractivity contribution in [1.82, 2.24) is 5.32 Å². The Bertz CT molecular complexity index is 1230. The van der Waals surface area contributed by atoms with Gasteiger partial charge in [0, 0.05) is 11.3 Å². The van der Waals surface area contributed by atoms with E-state index in [0.717, 1.165) is 41.2 Å². The number of fused-ring (bicyclic) bond motifs is 2. The molecule has 2 atom stereocenters. The lowest BCUT2D eigenvalue weighted by Gasteiger charge is -2.28. The van der Waals surface area contributed by atoms with Crippen molar-refractivity contribution in [3.63, 3.8) is 0 Å². The molecule has 5 rings (SSSR count). The van der Waals surface area contributed by atoms with Gasteiger partial charge in [0.1, 0.15) is 11.5 Å². The van der Waals surface area contributed by atoms with Crippen LogP contribution in [0.1, 0.15) is 29.9 Å². The lowest BCUT2D eigenvalue weighted by molar-refractivity contribution is -0.124. The Kier molecular flexibility index (Phi) is 4.36. The minimum atomic E-state index is -0.770. The smallest absolute Gasteiger partial charge is 0.414 e. The second kappa shape index (κ2) is 7.20. The van der Waals surface area contributed by atoms with Crippen molar-refractivity contribution in [2.45, 2.75) is 31.3 Å². The number of nitrogens with one attached hydrogen (secondary N) is 1. The summed E-state index contributed by atoms with van der Waals surface area (Å²) < 4.78 is 11.4. The Morgan fingerprint density at radius 2 is 1.90 bits per heavy atom. The lowest BCUT2D eigenvalue weighted by Crippen LogP contribution is -2.31. The van der Waals surface area contributed by atoms with E-state index in [0.29, 0.717) is 17.2 Å². The first-order valence-corrected chi connectivity index (χ1v) is 9.85. The fourth-order valence-electron chi connectivity index (χ4n) is 4.41. The predicted octanol–water partition coefficient (Wildman–Crippen LogP) is 5.24. The van der Waals surface area contributed by atoms with Crippen LogP contribution < -0.4 is 10.1 Å². The molecule has 6 nitrogen and oxygen atoms in total. The first-order valence-electron chi connectivity index (χ1n) is 9.85. The molecule has 3 aromatic carbocycles. The molecule has 0 spiro atoms. The number of benzene rings is 3. The third-order valence-electron chi connectivity index (χ3n) is 5.77. The van der Waals surface area contributed by atoms with E-state index in [9.17, 15) is 9.59 Å². The molecule has 2 aliphatic rings. The number of hydrogen-bond donors (Lipinski definition) is 1. The zero-order valence-electron chi connectivity index (χ0n) is 16.1. The van der Waals surface area contributed by atoms with E-state index >= 15 is 0 Å². The highest BCUT2D eigenvalue weighted by Crippen LogP contribution is 2.40. The molecule has 148 valence electrons. The Balaban J connectivity index is 1.47. The summed E-state index contributed by atoms with van der Waals surface area (Å²) in [4.78, 5) is 27.1. The SMILES string of the molecule is [C-]#[N+]c1ccc(Oc2ccc3c(c2)CCC[C@H]3C2OC(=O)NC2=O)c2ccccc12. The van der Waals surface area contributed by atoms with E-state index in [4.69, 9.17) is 16.0 Å². The van der Waals surface area contributed by atoms with Crippen molar-refractivity contribution in [3.8, 4) is 11.5 Å². The second-order valence-electron chi connectivity index (χ2n) is 7.52. The zero-order chi connectivity index (χ0) is 20.7. The Labute approximate surface area is 173 Å². The van der Waals surface area contributed by atoms with Crippen LogP contribution in [0.5, 0.6) is 11.5 Å². The quantitative estimate of drug-likeness (QED) is 0.613. The molecule has 1 aliphatic heterocycles. The number of imide groups is 1. The van der Waals surface area contributed by atoms with Gasteiger partial charge in [0.25, 0.3) is 5.91 Å². The molecule has 0 aromatic heterocycles. The van der Waals surface area contributed by atoms with Gasteiger partial charge in [-0.05, 0) is 54.0 Å². The van der Waals surface area contributed by atoms with Crippen molar-refractivity contribution in [2.75, 3.05) is 0 Å². The van der Waals surface area contributed by atoms with Gasteiger partial charge in [0.05, 0.1) is 6.57 Å². The summed E-state index contributed by atoms with van der Waals surface area (Å²) in [7, 11) is 0. The maximum Gasteiger partial charge on any atom is 0.414 e. The van der Waals surface area contributed by atoms with Gasteiger partial charge in [0.2, 0.25) is 0 Å². The van der Waals surface area contributed by atoms with E-state index in [1.54, 1.807) is 6.07 Å². The molecule has 1 fully saturated rings. The highest BCUT2D eigenvalue weighted by atomic mass is 16.6. The van der Waals surface area contributed by atoms with E-state index in [1.165, 1.54) is 0 Å². The van der Waals surface area contributed by atoms with Crippen molar-refractivity contribution in [2.24, 2.45) is 0 Å². The van der Waals surface area contributed by atoms with Crippen LogP contribution in [0.3, 0.4) is 0 Å². The largest absolute Gasteiger partial charge is 0.457 e. The molecule has 30 heavy (non-hydrogen) atoms. The molecule has 6 heteroatoms. The number of hydrogen-bond acceptors (Lipinski definition) is 4. The molecular weight excluding hydrogens is 380 g/mol. The van der Waals surface area contributed by atoms with Crippen molar-refractivity contribution in [3.05, 3.63) is 77.1 Å². The molecule has 3 aromatic rings. The van der Waals surface area contributed by atoms with Gasteiger partial charge >= 0.3 is 6.09 Å². The summed E-state index contributed by atoms with van der Waals surface area (Å²) in [5.74, 6) is 0.870. The second-order valence-corrected chi connectivity index (χ2v) is 7.52. The number of cyclic esters (lactones) is 1. The Morgan fingerprint density at radius 3 is 2.67 bits per heavy atom. The summed E-state index contributed by atoms with van der Waals surface area (Å²) in [6.45, 7) is 7.36. The minimum Gasteiger partial charge on any atom is -0.457 e. The van der Waals surface area contributed by atoms with Gasteiger partial charge in [-0.1, -0.05) is 36.4 Å². The van der Waals surface area contributed by atoms with Crippen molar-refractivity contribution >= 4 is 28.5 Å². The summed E-state index contributed by atoms with van der Waals surface area (Å²) in [6, 6.07) is 17.1. The van der Waals surface area contributed by atoms with Crippen LogP contribution in [0.15, 0.2) is 54.6 Å². The first kappa shape index (κ1) is 18.2. The first-order chi connectivity index (χ1) is 14.6. The number of carbonyl (C=O) groups is 2. The predicted molar refractivity (Wildman–Crippen MR) is 111 cm³/mol. The average molecular weight is 398 g/mol. The molecule has 0 bridgehead atoms. The number of amides is 2. The Hall–Kier alpha value is -3.85. The molecule has 1 N–H and O–H groups in total. The molecule has 1 unspecified atom stereocenters. The van der Waals surface area contributed by atoms with Crippen LogP contribution in [0.2, 0.25) is 0 Å². The minimum absolute atomic E-state index is 0.145. The fourth-order valence-corrected chi connectivity index (χ4v) is 4.41. The van der Waals surface area contributed by atoms with Crippen LogP contribution in [0, 0.1) is 6.57 Å². The molecule has 0 radical (unpaired) electrons. The molecular formula is C24H18N2O4. The summed E-state index contributed by atoms with van der Waals surface area (Å²) in [5.41, 5.74) is 2.72. The third kappa shape index (κ3) is 3.05. The number of aryl methyl sites for hydroxylation is 1. The maximum atomic E-state index is 12.1. The van der Waals surface area contributed by atoms with E-state index in [1.807, 2.05) is 48.5 Å². The molecule has 1 saturated heterocycles. The van der Waals surface area contributed by atoms with E-state index < -0.39 is 12.2 Å². The van der Waals surface area contributed by atoms with Gasteiger partial charge in [-0.2, -0.15) is 0 Å². The van der Waals surface area contributed by atoms with Gasteiger partial charge in [-0.25, -0.2) is 9.64 Å². The van der Waals surface area contributed by atoms with Crippen LogP contribution >= 0.6 is 0 Å². The zero-order valence-corrected chi connectivity index (χ0v) is 16.1. The fraction of sp³-hybridized carbons (Fsp3) is 0.208. The molecule has 1 aliphatic carbocycles. The summed E-state index contributed by atoms with van der Waals surface area (Å²) >= 11 is 0. The number of rotatable bonds is 3. The van der Waals surface area contributed by atoms with Crippen molar-refractivity contribution in [1.29, 1.82) is 0 Å². The Morgan fingerprint density at radius 1 is 1.07 bits per heavy atom. The highest BCUT2D eigenvalue weighted by Gasteiger charge is 2.41.